The molecule has 0 aliphatic heterocycles. The highest BCUT2D eigenvalue weighted by Gasteiger charge is 2.22. The molecule has 0 aliphatic rings. The number of amides is 1. The third kappa shape index (κ3) is 5.91. The molecule has 0 aliphatic carbocycles. The van der Waals surface area contributed by atoms with Gasteiger partial charge in [-0.3, -0.25) is 4.79 Å². The van der Waals surface area contributed by atoms with Gasteiger partial charge in [-0.05, 0) is 50.2 Å². The van der Waals surface area contributed by atoms with Gasteiger partial charge in [-0.15, -0.1) is 0 Å². The first-order valence-corrected chi connectivity index (χ1v) is 10.5. The molecular formula is C20H18BrN3O4S. The lowest BCUT2D eigenvalue weighted by Crippen LogP contribution is -2.30. The number of anilines is 1. The van der Waals surface area contributed by atoms with E-state index >= 15 is 0 Å². The van der Waals surface area contributed by atoms with Gasteiger partial charge >= 0.3 is 5.97 Å². The Morgan fingerprint density at radius 2 is 2.03 bits per heavy atom. The second-order valence-corrected chi connectivity index (χ2v) is 8.00. The maximum absolute atomic E-state index is 12.6. The molecule has 3 aromatic rings. The second kappa shape index (κ2) is 9.71. The molecule has 150 valence electrons. The van der Waals surface area contributed by atoms with Crippen LogP contribution in [0.4, 0.5) is 5.69 Å². The number of carbonyl (C=O) groups excluding carboxylic acids is 2. The van der Waals surface area contributed by atoms with Crippen molar-refractivity contribution in [2.75, 3.05) is 5.32 Å². The average molecular weight is 476 g/mol. The maximum Gasteiger partial charge on any atom is 0.341 e. The SMILES string of the molecule is Cc1cc(CSc2ncccc2C(=O)OC(C)C(=O)Nc2ccc(Br)cc2)no1. The molecule has 0 saturated carbocycles. The first kappa shape index (κ1) is 21.1. The molecule has 0 saturated heterocycles. The van der Waals surface area contributed by atoms with Crippen LogP contribution in [0.3, 0.4) is 0 Å². The summed E-state index contributed by atoms with van der Waals surface area (Å²) in [5.74, 6) is 0.174. The van der Waals surface area contributed by atoms with E-state index in [9.17, 15) is 9.59 Å². The molecule has 7 nitrogen and oxygen atoms in total. The number of rotatable bonds is 7. The lowest BCUT2D eigenvalue weighted by molar-refractivity contribution is -0.123. The molecule has 1 unspecified atom stereocenters. The molecule has 2 heterocycles. The van der Waals surface area contributed by atoms with E-state index < -0.39 is 18.0 Å². The number of aryl methyl sites for hydroxylation is 1. The molecule has 0 spiro atoms. The molecule has 1 atom stereocenters. The van der Waals surface area contributed by atoms with E-state index in [1.807, 2.05) is 25.1 Å². The third-order valence-electron chi connectivity index (χ3n) is 3.79. The Labute approximate surface area is 180 Å². The van der Waals surface area contributed by atoms with Crippen LogP contribution in [0, 0.1) is 6.92 Å². The molecular weight excluding hydrogens is 458 g/mol. The van der Waals surface area contributed by atoms with Crippen LogP contribution in [0.15, 0.2) is 62.7 Å². The number of hydrogen-bond acceptors (Lipinski definition) is 7. The molecule has 29 heavy (non-hydrogen) atoms. The van der Waals surface area contributed by atoms with Gasteiger partial charge in [-0.25, -0.2) is 9.78 Å². The molecule has 2 aromatic heterocycles. The van der Waals surface area contributed by atoms with Gasteiger partial charge in [0.2, 0.25) is 0 Å². The Bertz CT molecular complexity index is 1010. The van der Waals surface area contributed by atoms with Crippen molar-refractivity contribution in [2.45, 2.75) is 30.7 Å². The summed E-state index contributed by atoms with van der Waals surface area (Å²) in [5, 5.41) is 7.14. The zero-order valence-electron chi connectivity index (χ0n) is 15.7. The minimum absolute atomic E-state index is 0.293. The zero-order valence-corrected chi connectivity index (χ0v) is 18.1. The topological polar surface area (TPSA) is 94.3 Å². The van der Waals surface area contributed by atoms with Gasteiger partial charge in [-0.1, -0.05) is 32.8 Å². The number of nitrogens with one attached hydrogen (secondary N) is 1. The van der Waals surface area contributed by atoms with Crippen molar-refractivity contribution in [3.8, 4) is 0 Å². The molecule has 1 N–H and O–H groups in total. The molecule has 0 radical (unpaired) electrons. The normalized spacial score (nSPS) is 11.7. The number of halogens is 1. The van der Waals surface area contributed by atoms with Gasteiger partial charge < -0.3 is 14.6 Å². The van der Waals surface area contributed by atoms with E-state index in [-0.39, 0.29) is 0 Å². The zero-order chi connectivity index (χ0) is 20.8. The lowest BCUT2D eigenvalue weighted by Gasteiger charge is -2.14. The smallest absolute Gasteiger partial charge is 0.341 e. The number of benzene rings is 1. The van der Waals surface area contributed by atoms with Gasteiger partial charge in [0, 0.05) is 28.2 Å². The van der Waals surface area contributed by atoms with Crippen molar-refractivity contribution in [3.05, 3.63) is 70.2 Å². The van der Waals surface area contributed by atoms with Crippen LogP contribution in [-0.2, 0) is 15.3 Å². The first-order valence-electron chi connectivity index (χ1n) is 8.70. The summed E-state index contributed by atoms with van der Waals surface area (Å²) in [6, 6.07) is 12.2. The van der Waals surface area contributed by atoms with Gasteiger partial charge in [0.1, 0.15) is 10.8 Å². The Balaban J connectivity index is 1.62. The van der Waals surface area contributed by atoms with Crippen LogP contribution in [0.25, 0.3) is 0 Å². The standard InChI is InChI=1S/C20H18BrN3O4S/c1-12-10-16(24-28-12)11-29-19-17(4-3-9-22-19)20(26)27-13(2)18(25)23-15-7-5-14(21)6-8-15/h3-10,13H,11H2,1-2H3,(H,23,25). The highest BCUT2D eigenvalue weighted by molar-refractivity contribution is 9.10. The van der Waals surface area contributed by atoms with Crippen molar-refractivity contribution in [1.29, 1.82) is 0 Å². The fraction of sp³-hybridized carbons (Fsp3) is 0.200. The summed E-state index contributed by atoms with van der Waals surface area (Å²) in [5.41, 5.74) is 1.65. The molecule has 9 heteroatoms. The predicted molar refractivity (Wildman–Crippen MR) is 113 cm³/mol. The summed E-state index contributed by atoms with van der Waals surface area (Å²) in [7, 11) is 0. The largest absolute Gasteiger partial charge is 0.449 e. The number of pyridine rings is 1. The minimum Gasteiger partial charge on any atom is -0.449 e. The summed E-state index contributed by atoms with van der Waals surface area (Å²) in [4.78, 5) is 29.2. The number of aromatic nitrogens is 2. The lowest BCUT2D eigenvalue weighted by atomic mass is 10.2. The summed E-state index contributed by atoms with van der Waals surface area (Å²) < 4.78 is 11.3. The molecule has 1 aromatic carbocycles. The highest BCUT2D eigenvalue weighted by atomic mass is 79.9. The molecule has 3 rings (SSSR count). The molecule has 0 fully saturated rings. The van der Waals surface area contributed by atoms with E-state index in [2.05, 4.69) is 31.4 Å². The number of ether oxygens (including phenoxy) is 1. The van der Waals surface area contributed by atoms with E-state index in [1.54, 1.807) is 30.5 Å². The van der Waals surface area contributed by atoms with Crippen LogP contribution in [-0.4, -0.2) is 28.1 Å². The third-order valence-corrected chi connectivity index (χ3v) is 5.36. The molecule has 0 bridgehead atoms. The van der Waals surface area contributed by atoms with E-state index in [1.165, 1.54) is 18.7 Å². The van der Waals surface area contributed by atoms with Crippen LogP contribution >= 0.6 is 27.7 Å². The van der Waals surface area contributed by atoms with Crippen LogP contribution in [0.2, 0.25) is 0 Å². The number of nitrogens with zero attached hydrogens (tertiary/aromatic N) is 2. The Morgan fingerprint density at radius 1 is 1.28 bits per heavy atom. The van der Waals surface area contributed by atoms with Gasteiger partial charge in [0.05, 0.1) is 11.3 Å². The number of esters is 1. The van der Waals surface area contributed by atoms with E-state index in [0.717, 1.165) is 10.2 Å². The Hall–Kier alpha value is -2.65. The van der Waals surface area contributed by atoms with Crippen molar-refractivity contribution in [3.63, 3.8) is 0 Å². The summed E-state index contributed by atoms with van der Waals surface area (Å²) >= 11 is 4.68. The van der Waals surface area contributed by atoms with Crippen LogP contribution in [0.1, 0.15) is 28.7 Å². The van der Waals surface area contributed by atoms with Gasteiger partial charge in [0.15, 0.2) is 6.10 Å². The monoisotopic (exact) mass is 475 g/mol. The quantitative estimate of drug-likeness (QED) is 0.393. The fourth-order valence-electron chi connectivity index (χ4n) is 2.34. The predicted octanol–water partition coefficient (Wildman–Crippen LogP) is 4.62. The second-order valence-electron chi connectivity index (χ2n) is 6.12. The van der Waals surface area contributed by atoms with E-state index in [0.29, 0.717) is 27.8 Å². The number of hydrogen-bond donors (Lipinski definition) is 1. The number of carbonyl (C=O) groups is 2. The van der Waals surface area contributed by atoms with Crippen molar-refractivity contribution >= 4 is 45.3 Å². The maximum atomic E-state index is 12.6. The van der Waals surface area contributed by atoms with Crippen LogP contribution in [0.5, 0.6) is 0 Å². The summed E-state index contributed by atoms with van der Waals surface area (Å²) in [6.07, 6.45) is 0.624. The van der Waals surface area contributed by atoms with Gasteiger partial charge in [-0.2, -0.15) is 0 Å². The van der Waals surface area contributed by atoms with Crippen molar-refractivity contribution in [2.24, 2.45) is 0 Å². The van der Waals surface area contributed by atoms with E-state index in [4.69, 9.17) is 9.26 Å². The Morgan fingerprint density at radius 3 is 2.72 bits per heavy atom. The average Bonchev–Trinajstić information content (AvgIpc) is 3.13. The fourth-order valence-corrected chi connectivity index (χ4v) is 3.47. The first-order chi connectivity index (χ1) is 13.9. The van der Waals surface area contributed by atoms with Crippen LogP contribution < -0.4 is 5.32 Å². The summed E-state index contributed by atoms with van der Waals surface area (Å²) in [6.45, 7) is 3.33. The van der Waals surface area contributed by atoms with Crippen molar-refractivity contribution < 1.29 is 18.8 Å². The number of thioether (sulfide) groups is 1. The minimum atomic E-state index is -0.970. The van der Waals surface area contributed by atoms with Gasteiger partial charge in [0.25, 0.3) is 5.91 Å². The Kier molecular flexibility index (Phi) is 7.05. The molecule has 1 amide bonds. The van der Waals surface area contributed by atoms with Crippen molar-refractivity contribution in [1.82, 2.24) is 10.1 Å². The highest BCUT2D eigenvalue weighted by Crippen LogP contribution is 2.25.